The van der Waals surface area contributed by atoms with E-state index in [9.17, 15) is 9.59 Å². The van der Waals surface area contributed by atoms with Gasteiger partial charge in [0.2, 0.25) is 0 Å². The van der Waals surface area contributed by atoms with E-state index in [2.05, 4.69) is 0 Å². The Bertz CT molecular complexity index is 464. The highest BCUT2D eigenvalue weighted by molar-refractivity contribution is 6.42. The summed E-state index contributed by atoms with van der Waals surface area (Å²) < 4.78 is 0. The van der Waals surface area contributed by atoms with Gasteiger partial charge in [-0.05, 0) is 18.2 Å². The lowest BCUT2D eigenvalue weighted by atomic mass is 10.3. The van der Waals surface area contributed by atoms with E-state index in [-0.39, 0.29) is 11.8 Å². The quantitative estimate of drug-likeness (QED) is 0.709. The third-order valence-corrected chi connectivity index (χ3v) is 2.71. The first-order chi connectivity index (χ1) is 7.09. The van der Waals surface area contributed by atoms with Gasteiger partial charge >= 0.3 is 0 Å². The van der Waals surface area contributed by atoms with E-state index in [1.54, 1.807) is 6.07 Å². The second-order valence-electron chi connectivity index (χ2n) is 2.94. The van der Waals surface area contributed by atoms with Gasteiger partial charge in [0, 0.05) is 12.2 Å². The van der Waals surface area contributed by atoms with Gasteiger partial charge in [-0.3, -0.25) is 9.59 Å². The topological polar surface area (TPSA) is 37.4 Å². The number of hydrogen-bond donors (Lipinski definition) is 0. The number of rotatable bonds is 1. The van der Waals surface area contributed by atoms with Crippen LogP contribution in [0.5, 0.6) is 0 Å². The fourth-order valence-corrected chi connectivity index (χ4v) is 1.57. The van der Waals surface area contributed by atoms with E-state index in [0.717, 1.165) is 4.90 Å². The van der Waals surface area contributed by atoms with Crippen molar-refractivity contribution in [3.8, 4) is 0 Å². The summed E-state index contributed by atoms with van der Waals surface area (Å²) in [6.45, 7) is 0. The van der Waals surface area contributed by atoms with E-state index < -0.39 is 0 Å². The molecule has 0 spiro atoms. The Morgan fingerprint density at radius 2 is 1.53 bits per heavy atom. The molecule has 1 aromatic carbocycles. The average molecular weight is 242 g/mol. The van der Waals surface area contributed by atoms with Gasteiger partial charge in [-0.25, -0.2) is 4.90 Å². The molecule has 76 valence electrons. The molecule has 3 nitrogen and oxygen atoms in total. The number of halogens is 2. The highest BCUT2D eigenvalue weighted by Crippen LogP contribution is 2.28. The van der Waals surface area contributed by atoms with Crippen molar-refractivity contribution in [2.75, 3.05) is 4.90 Å². The molecule has 1 aliphatic heterocycles. The normalized spacial score (nSPS) is 15.2. The Kier molecular flexibility index (Phi) is 2.50. The lowest BCUT2D eigenvalue weighted by Gasteiger charge is -2.14. The van der Waals surface area contributed by atoms with Gasteiger partial charge < -0.3 is 0 Å². The molecular formula is C10H5Cl2NO2. The first-order valence-corrected chi connectivity index (χ1v) is 4.86. The third kappa shape index (κ3) is 1.76. The standard InChI is InChI=1S/C10H5Cl2NO2/c11-7-2-1-6(5-8(7)12)13-9(14)3-4-10(13)15/h1-5H. The predicted octanol–water partition coefficient (Wildman–Crippen LogP) is 2.42. The molecule has 1 heterocycles. The highest BCUT2D eigenvalue weighted by Gasteiger charge is 2.25. The third-order valence-electron chi connectivity index (χ3n) is 1.97. The highest BCUT2D eigenvalue weighted by atomic mass is 35.5. The largest absolute Gasteiger partial charge is 0.269 e. The second-order valence-corrected chi connectivity index (χ2v) is 3.76. The molecule has 0 bridgehead atoms. The number of carbonyl (C=O) groups excluding carboxylic acids is 2. The van der Waals surface area contributed by atoms with Crippen LogP contribution in [0.4, 0.5) is 5.69 Å². The zero-order valence-corrected chi connectivity index (χ0v) is 8.92. The molecule has 0 unspecified atom stereocenters. The zero-order chi connectivity index (χ0) is 11.0. The summed E-state index contributed by atoms with van der Waals surface area (Å²) >= 11 is 11.5. The molecule has 2 rings (SSSR count). The van der Waals surface area contributed by atoms with Gasteiger partial charge in [0.15, 0.2) is 0 Å². The maximum Gasteiger partial charge on any atom is 0.258 e. The van der Waals surface area contributed by atoms with Crippen molar-refractivity contribution in [1.29, 1.82) is 0 Å². The number of benzene rings is 1. The number of imide groups is 1. The van der Waals surface area contributed by atoms with Gasteiger partial charge in [-0.2, -0.15) is 0 Å². The van der Waals surface area contributed by atoms with Crippen LogP contribution in [-0.4, -0.2) is 11.8 Å². The van der Waals surface area contributed by atoms with Crippen molar-refractivity contribution >= 4 is 40.7 Å². The van der Waals surface area contributed by atoms with E-state index in [4.69, 9.17) is 23.2 Å². The molecule has 0 N–H and O–H groups in total. The molecule has 0 fully saturated rings. The van der Waals surface area contributed by atoms with Crippen LogP contribution in [0.25, 0.3) is 0 Å². The summed E-state index contributed by atoms with van der Waals surface area (Å²) in [7, 11) is 0. The molecule has 0 saturated heterocycles. The number of carbonyl (C=O) groups is 2. The molecular weight excluding hydrogens is 237 g/mol. The molecule has 0 aliphatic carbocycles. The summed E-state index contributed by atoms with van der Waals surface area (Å²) in [6, 6.07) is 4.59. The fourth-order valence-electron chi connectivity index (χ4n) is 1.28. The fraction of sp³-hybridized carbons (Fsp3) is 0. The SMILES string of the molecule is O=C1C=CC(=O)N1c1ccc(Cl)c(Cl)c1. The first kappa shape index (κ1) is 10.2. The van der Waals surface area contributed by atoms with E-state index >= 15 is 0 Å². The lowest BCUT2D eigenvalue weighted by molar-refractivity contribution is -0.119. The Hall–Kier alpha value is -1.32. The van der Waals surface area contributed by atoms with Crippen molar-refractivity contribution < 1.29 is 9.59 Å². The van der Waals surface area contributed by atoms with Crippen LogP contribution < -0.4 is 4.90 Å². The van der Waals surface area contributed by atoms with Crippen LogP contribution in [0.1, 0.15) is 0 Å². The average Bonchev–Trinajstić information content (AvgIpc) is 2.52. The minimum atomic E-state index is -0.376. The predicted molar refractivity (Wildman–Crippen MR) is 58.1 cm³/mol. The van der Waals surface area contributed by atoms with Crippen LogP contribution in [0, 0.1) is 0 Å². The Labute approximate surface area is 95.9 Å². The van der Waals surface area contributed by atoms with Crippen LogP contribution >= 0.6 is 23.2 Å². The van der Waals surface area contributed by atoms with Crippen LogP contribution in [0.2, 0.25) is 10.0 Å². The molecule has 2 amide bonds. The van der Waals surface area contributed by atoms with E-state index in [1.807, 2.05) is 0 Å². The monoisotopic (exact) mass is 241 g/mol. The summed E-state index contributed by atoms with van der Waals surface area (Å²) in [5.74, 6) is -0.753. The summed E-state index contributed by atoms with van der Waals surface area (Å²) in [4.78, 5) is 23.7. The van der Waals surface area contributed by atoms with Crippen molar-refractivity contribution in [3.63, 3.8) is 0 Å². The van der Waals surface area contributed by atoms with Crippen molar-refractivity contribution in [2.45, 2.75) is 0 Å². The van der Waals surface area contributed by atoms with Gasteiger partial charge in [0.05, 0.1) is 15.7 Å². The molecule has 1 aromatic rings. The van der Waals surface area contributed by atoms with Crippen molar-refractivity contribution in [3.05, 3.63) is 40.4 Å². The van der Waals surface area contributed by atoms with Gasteiger partial charge in [-0.15, -0.1) is 0 Å². The zero-order valence-electron chi connectivity index (χ0n) is 7.41. The number of amides is 2. The minimum absolute atomic E-state index is 0.307. The Balaban J connectivity index is 2.42. The first-order valence-electron chi connectivity index (χ1n) is 4.11. The van der Waals surface area contributed by atoms with Crippen molar-refractivity contribution in [2.24, 2.45) is 0 Å². The molecule has 0 radical (unpaired) electrons. The minimum Gasteiger partial charge on any atom is -0.269 e. The smallest absolute Gasteiger partial charge is 0.258 e. The lowest BCUT2D eigenvalue weighted by Crippen LogP contribution is -2.29. The maximum atomic E-state index is 11.3. The molecule has 1 aliphatic rings. The van der Waals surface area contributed by atoms with E-state index in [1.165, 1.54) is 24.3 Å². The molecule has 0 saturated carbocycles. The van der Waals surface area contributed by atoms with E-state index in [0.29, 0.717) is 15.7 Å². The number of anilines is 1. The summed E-state index contributed by atoms with van der Waals surface area (Å²) in [5, 5.41) is 0.689. The molecule has 15 heavy (non-hydrogen) atoms. The number of nitrogens with zero attached hydrogens (tertiary/aromatic N) is 1. The molecule has 5 heteroatoms. The van der Waals surface area contributed by atoms with Gasteiger partial charge in [0.1, 0.15) is 0 Å². The second kappa shape index (κ2) is 3.68. The maximum absolute atomic E-state index is 11.3. The summed E-state index contributed by atoms with van der Waals surface area (Å²) in [6.07, 6.45) is 2.43. The van der Waals surface area contributed by atoms with Gasteiger partial charge in [0.25, 0.3) is 11.8 Å². The van der Waals surface area contributed by atoms with Gasteiger partial charge in [-0.1, -0.05) is 23.2 Å². The van der Waals surface area contributed by atoms with Crippen LogP contribution in [0.3, 0.4) is 0 Å². The Morgan fingerprint density at radius 1 is 0.933 bits per heavy atom. The molecule has 0 aromatic heterocycles. The van der Waals surface area contributed by atoms with Crippen LogP contribution in [0.15, 0.2) is 30.4 Å². The Morgan fingerprint density at radius 3 is 2.07 bits per heavy atom. The van der Waals surface area contributed by atoms with Crippen molar-refractivity contribution in [1.82, 2.24) is 0 Å². The summed E-state index contributed by atoms with van der Waals surface area (Å²) in [5.41, 5.74) is 0.421. The number of hydrogen-bond acceptors (Lipinski definition) is 2. The molecule has 0 atom stereocenters. The van der Waals surface area contributed by atoms with Crippen LogP contribution in [-0.2, 0) is 9.59 Å².